The van der Waals surface area contributed by atoms with Crippen LogP contribution in [0.15, 0.2) is 18.2 Å². The van der Waals surface area contributed by atoms with Crippen molar-refractivity contribution in [2.24, 2.45) is 5.92 Å². The van der Waals surface area contributed by atoms with Gasteiger partial charge in [0.1, 0.15) is 0 Å². The molecule has 3 N–H and O–H groups in total. The maximum atomic E-state index is 13.0. The van der Waals surface area contributed by atoms with Crippen LogP contribution in [0.1, 0.15) is 47.7 Å². The highest BCUT2D eigenvalue weighted by Crippen LogP contribution is 2.36. The number of alkyl halides is 6. The summed E-state index contributed by atoms with van der Waals surface area (Å²) in [5.74, 6) is -1.26. The number of hydrogen-bond acceptors (Lipinski definition) is 4. The first-order valence-electron chi connectivity index (χ1n) is 10.5. The molecule has 33 heavy (non-hydrogen) atoms. The van der Waals surface area contributed by atoms with Crippen molar-refractivity contribution in [1.29, 1.82) is 0 Å². The lowest BCUT2D eigenvalue weighted by Gasteiger charge is -2.31. The molecule has 1 saturated heterocycles. The number of nitrogens with one attached hydrogen (secondary N) is 2. The van der Waals surface area contributed by atoms with Crippen molar-refractivity contribution in [2.45, 2.75) is 44.6 Å². The highest BCUT2D eigenvalue weighted by atomic mass is 19.4. The zero-order chi connectivity index (χ0) is 24.8. The number of amides is 2. The van der Waals surface area contributed by atoms with Gasteiger partial charge in [-0.25, -0.2) is 0 Å². The van der Waals surface area contributed by atoms with Crippen molar-refractivity contribution >= 4 is 11.8 Å². The van der Waals surface area contributed by atoms with Crippen molar-refractivity contribution in [3.8, 4) is 0 Å². The molecule has 186 valence electrons. The van der Waals surface area contributed by atoms with Crippen LogP contribution in [-0.2, 0) is 17.1 Å². The number of piperidine rings is 1. The van der Waals surface area contributed by atoms with E-state index in [0.29, 0.717) is 44.5 Å². The Morgan fingerprint density at radius 3 is 2.06 bits per heavy atom. The van der Waals surface area contributed by atoms with E-state index in [-0.39, 0.29) is 37.5 Å². The van der Waals surface area contributed by atoms with E-state index in [4.69, 9.17) is 0 Å². The number of nitrogens with zero attached hydrogens (tertiary/aromatic N) is 1. The smallest absolute Gasteiger partial charge is 0.391 e. The molecule has 0 aliphatic carbocycles. The Bertz CT molecular complexity index is 788. The van der Waals surface area contributed by atoms with Crippen LogP contribution in [-0.4, -0.2) is 60.6 Å². The van der Waals surface area contributed by atoms with Gasteiger partial charge in [0.2, 0.25) is 5.91 Å². The average Bonchev–Trinajstić information content (AvgIpc) is 2.75. The molecule has 1 aliphatic rings. The molecular weight excluding hydrogens is 456 g/mol. The molecule has 1 aromatic rings. The van der Waals surface area contributed by atoms with E-state index in [9.17, 15) is 41.0 Å². The van der Waals surface area contributed by atoms with Gasteiger partial charge >= 0.3 is 12.4 Å². The summed E-state index contributed by atoms with van der Waals surface area (Å²) < 4.78 is 77.8. The molecule has 0 bridgehead atoms. The summed E-state index contributed by atoms with van der Waals surface area (Å²) in [5, 5.41) is 14.5. The first kappa shape index (κ1) is 26.9. The Morgan fingerprint density at radius 2 is 1.58 bits per heavy atom. The summed E-state index contributed by atoms with van der Waals surface area (Å²) >= 11 is 0. The topological polar surface area (TPSA) is 81.7 Å². The van der Waals surface area contributed by atoms with E-state index >= 15 is 0 Å². The fourth-order valence-corrected chi connectivity index (χ4v) is 3.41. The largest absolute Gasteiger partial charge is 0.416 e. The zero-order valence-corrected chi connectivity index (χ0v) is 18.0. The van der Waals surface area contributed by atoms with Crippen LogP contribution in [0.25, 0.3) is 0 Å². The Hall–Kier alpha value is -2.34. The van der Waals surface area contributed by atoms with Crippen LogP contribution in [0.2, 0.25) is 0 Å². The molecule has 1 fully saturated rings. The number of halogens is 6. The summed E-state index contributed by atoms with van der Waals surface area (Å²) in [6.07, 6.45) is -8.93. The summed E-state index contributed by atoms with van der Waals surface area (Å²) in [6.45, 7) is 3.31. The molecule has 1 atom stereocenters. The number of aliphatic hydroxyl groups is 1. The number of carbonyl (C=O) groups excluding carboxylic acids is 2. The molecule has 1 aliphatic heterocycles. The van der Waals surface area contributed by atoms with E-state index in [1.807, 2.05) is 4.90 Å². The van der Waals surface area contributed by atoms with Crippen LogP contribution >= 0.6 is 0 Å². The minimum Gasteiger partial charge on any atom is -0.391 e. The maximum Gasteiger partial charge on any atom is 0.416 e. The summed E-state index contributed by atoms with van der Waals surface area (Å²) in [4.78, 5) is 26.1. The molecule has 1 aromatic carbocycles. The lowest BCUT2D eigenvalue weighted by molar-refractivity contribution is -0.143. The Morgan fingerprint density at radius 1 is 1.03 bits per heavy atom. The second kappa shape index (κ2) is 11.2. The maximum absolute atomic E-state index is 13.0. The molecule has 0 saturated carbocycles. The summed E-state index contributed by atoms with van der Waals surface area (Å²) in [6, 6.07) is 0.786. The number of benzene rings is 1. The summed E-state index contributed by atoms with van der Waals surface area (Å²) in [7, 11) is 0. The van der Waals surface area contributed by atoms with Gasteiger partial charge in [-0.15, -0.1) is 0 Å². The van der Waals surface area contributed by atoms with Gasteiger partial charge in [0, 0.05) is 18.7 Å². The van der Waals surface area contributed by atoms with E-state index in [1.165, 1.54) is 0 Å². The monoisotopic (exact) mass is 483 g/mol. The fraction of sp³-hybridized carbons (Fsp3) is 0.619. The minimum atomic E-state index is -5.02. The van der Waals surface area contributed by atoms with E-state index < -0.39 is 41.1 Å². The van der Waals surface area contributed by atoms with Crippen LogP contribution in [0, 0.1) is 5.92 Å². The van der Waals surface area contributed by atoms with Gasteiger partial charge in [-0.2, -0.15) is 26.3 Å². The quantitative estimate of drug-likeness (QED) is 0.497. The van der Waals surface area contributed by atoms with Crippen LogP contribution in [0.4, 0.5) is 26.3 Å². The molecule has 0 aromatic heterocycles. The molecule has 2 rings (SSSR count). The van der Waals surface area contributed by atoms with Crippen molar-refractivity contribution in [3.63, 3.8) is 0 Å². The predicted molar refractivity (Wildman–Crippen MR) is 107 cm³/mol. The van der Waals surface area contributed by atoms with Gasteiger partial charge in [-0.1, -0.05) is 6.92 Å². The molecule has 1 heterocycles. The van der Waals surface area contributed by atoms with Crippen molar-refractivity contribution in [1.82, 2.24) is 15.5 Å². The summed E-state index contributed by atoms with van der Waals surface area (Å²) in [5.41, 5.74) is -3.79. The molecular formula is C21H27F6N3O3. The van der Waals surface area contributed by atoms with Gasteiger partial charge in [-0.05, 0) is 56.5 Å². The molecule has 0 spiro atoms. The molecule has 2 amide bonds. The molecule has 1 unspecified atom stereocenters. The number of hydrogen-bond donors (Lipinski definition) is 3. The SMILES string of the molecule is CCC(O)CNC(=O)CN1CCC(CNC(=O)c2cc(C(F)(F)F)cc(C(F)(F)F)c2)CC1. The first-order chi connectivity index (χ1) is 15.3. The first-order valence-corrected chi connectivity index (χ1v) is 10.5. The third-order valence-corrected chi connectivity index (χ3v) is 5.48. The molecule has 6 nitrogen and oxygen atoms in total. The normalized spacial score (nSPS) is 17.0. The van der Waals surface area contributed by atoms with Gasteiger partial charge in [-0.3, -0.25) is 14.5 Å². The highest BCUT2D eigenvalue weighted by molar-refractivity contribution is 5.94. The van der Waals surface area contributed by atoms with Crippen molar-refractivity contribution in [3.05, 3.63) is 34.9 Å². The molecule has 0 radical (unpaired) electrons. The van der Waals surface area contributed by atoms with Crippen molar-refractivity contribution in [2.75, 3.05) is 32.7 Å². The second-order valence-electron chi connectivity index (χ2n) is 8.09. The third kappa shape index (κ3) is 8.50. The highest BCUT2D eigenvalue weighted by Gasteiger charge is 2.37. The van der Waals surface area contributed by atoms with E-state index in [0.717, 1.165) is 0 Å². The zero-order valence-electron chi connectivity index (χ0n) is 18.0. The predicted octanol–water partition coefficient (Wildman–Crippen LogP) is 3.05. The minimum absolute atomic E-state index is 0.0222. The average molecular weight is 483 g/mol. The third-order valence-electron chi connectivity index (χ3n) is 5.48. The lowest BCUT2D eigenvalue weighted by atomic mass is 9.96. The fourth-order valence-electron chi connectivity index (χ4n) is 3.41. The van der Waals surface area contributed by atoms with Gasteiger partial charge in [0.05, 0.1) is 23.8 Å². The Kier molecular flexibility index (Phi) is 9.12. The number of likely N-dealkylation sites (tertiary alicyclic amines) is 1. The lowest BCUT2D eigenvalue weighted by Crippen LogP contribution is -2.44. The Labute approximate surface area is 187 Å². The van der Waals surface area contributed by atoms with Crippen LogP contribution in [0.3, 0.4) is 0 Å². The molecule has 12 heteroatoms. The van der Waals surface area contributed by atoms with E-state index in [1.54, 1.807) is 6.92 Å². The van der Waals surface area contributed by atoms with Gasteiger partial charge in [0.25, 0.3) is 5.91 Å². The Balaban J connectivity index is 1.88. The van der Waals surface area contributed by atoms with Gasteiger partial charge < -0.3 is 15.7 Å². The standard InChI is InChI=1S/C21H27F6N3O3/c1-2-17(31)11-28-18(32)12-30-5-3-13(4-6-30)10-29-19(33)14-7-15(20(22,23)24)9-16(8-14)21(25,26)27/h7-9,13,17,31H,2-6,10-12H2,1H3,(H,28,32)(H,29,33). The second-order valence-corrected chi connectivity index (χ2v) is 8.09. The van der Waals surface area contributed by atoms with Crippen LogP contribution < -0.4 is 10.6 Å². The van der Waals surface area contributed by atoms with Gasteiger partial charge in [0.15, 0.2) is 0 Å². The van der Waals surface area contributed by atoms with Crippen LogP contribution in [0.5, 0.6) is 0 Å². The van der Waals surface area contributed by atoms with E-state index in [2.05, 4.69) is 10.6 Å². The number of rotatable bonds is 8. The number of aliphatic hydroxyl groups excluding tert-OH is 1. The number of carbonyl (C=O) groups is 2. The van der Waals surface area contributed by atoms with Crippen molar-refractivity contribution < 1.29 is 41.0 Å².